The third kappa shape index (κ3) is 4.18. The number of hydrogen-bond acceptors (Lipinski definition) is 3. The number of carbonyl (C=O) groups is 1. The van der Waals surface area contributed by atoms with E-state index in [2.05, 4.69) is 38.1 Å². The third-order valence-electron chi connectivity index (χ3n) is 6.44. The first-order valence-electron chi connectivity index (χ1n) is 11.8. The van der Waals surface area contributed by atoms with Gasteiger partial charge in [0.2, 0.25) is 5.91 Å². The number of amides is 1. The molecule has 170 valence electrons. The minimum atomic E-state index is -0.868. The van der Waals surface area contributed by atoms with Gasteiger partial charge < -0.3 is 4.74 Å². The standard InChI is InChI=1S/C29H32N2O2/c1-5-22(4)27(32)31-26(21(2)3)29(23-15-9-6-10-16-23,24-17-11-7-12-18-24)33-28(31)30-25-19-13-8-14-20-25/h6-22,26H,5H2,1-4H3/t22-,26+/m1/s1. The van der Waals surface area contributed by atoms with Crippen LogP contribution < -0.4 is 0 Å². The van der Waals surface area contributed by atoms with E-state index in [1.54, 1.807) is 0 Å². The zero-order valence-corrected chi connectivity index (χ0v) is 19.8. The molecule has 3 aromatic rings. The van der Waals surface area contributed by atoms with Gasteiger partial charge in [-0.3, -0.25) is 9.69 Å². The maximum atomic E-state index is 13.8. The normalized spacial score (nSPS) is 19.5. The summed E-state index contributed by atoms with van der Waals surface area (Å²) >= 11 is 0. The number of hydrogen-bond donors (Lipinski definition) is 0. The van der Waals surface area contributed by atoms with Crippen molar-refractivity contribution >= 4 is 17.6 Å². The molecule has 1 aliphatic rings. The highest BCUT2D eigenvalue weighted by Crippen LogP contribution is 2.48. The summed E-state index contributed by atoms with van der Waals surface area (Å²) in [4.78, 5) is 20.5. The zero-order chi connectivity index (χ0) is 23.4. The van der Waals surface area contributed by atoms with Crippen LogP contribution in [0.2, 0.25) is 0 Å². The largest absolute Gasteiger partial charge is 0.446 e. The van der Waals surface area contributed by atoms with Crippen LogP contribution in [0.5, 0.6) is 0 Å². The number of nitrogens with zero attached hydrogens (tertiary/aromatic N) is 2. The number of ether oxygens (including phenoxy) is 1. The van der Waals surface area contributed by atoms with E-state index in [1.165, 1.54) is 0 Å². The average Bonchev–Trinajstić information content (AvgIpc) is 3.20. The van der Waals surface area contributed by atoms with E-state index in [9.17, 15) is 4.79 Å². The Bertz CT molecular complexity index is 1050. The summed E-state index contributed by atoms with van der Waals surface area (Å²) in [5.41, 5.74) is 1.91. The summed E-state index contributed by atoms with van der Waals surface area (Å²) in [6.45, 7) is 8.32. The number of amidine groups is 1. The molecule has 0 aliphatic carbocycles. The van der Waals surface area contributed by atoms with Crippen molar-refractivity contribution in [3.05, 3.63) is 102 Å². The number of rotatable bonds is 6. The molecule has 1 amide bonds. The Hall–Kier alpha value is -3.40. The van der Waals surface area contributed by atoms with Gasteiger partial charge in [-0.15, -0.1) is 0 Å². The highest BCUT2D eigenvalue weighted by atomic mass is 16.5. The highest BCUT2D eigenvalue weighted by molar-refractivity contribution is 5.99. The molecule has 0 radical (unpaired) electrons. The predicted molar refractivity (Wildman–Crippen MR) is 133 cm³/mol. The second-order valence-electron chi connectivity index (χ2n) is 9.01. The molecule has 1 heterocycles. The summed E-state index contributed by atoms with van der Waals surface area (Å²) in [6.07, 6.45) is 0.752. The molecule has 1 aliphatic heterocycles. The molecule has 4 nitrogen and oxygen atoms in total. The first-order chi connectivity index (χ1) is 16.0. The van der Waals surface area contributed by atoms with E-state index in [0.717, 1.165) is 23.2 Å². The molecule has 1 fully saturated rings. The van der Waals surface area contributed by atoms with Crippen molar-refractivity contribution < 1.29 is 9.53 Å². The van der Waals surface area contributed by atoms with E-state index < -0.39 is 5.60 Å². The molecule has 0 N–H and O–H groups in total. The summed E-state index contributed by atoms with van der Waals surface area (Å²) in [5.74, 6) is 0.0136. The Morgan fingerprint density at radius 2 is 1.36 bits per heavy atom. The molecule has 4 rings (SSSR count). The molecule has 2 atom stereocenters. The minimum absolute atomic E-state index is 0.0413. The molecule has 3 aromatic carbocycles. The van der Waals surface area contributed by atoms with Gasteiger partial charge in [0.15, 0.2) is 5.60 Å². The second-order valence-corrected chi connectivity index (χ2v) is 9.01. The van der Waals surface area contributed by atoms with Crippen LogP contribution in [0, 0.1) is 11.8 Å². The van der Waals surface area contributed by atoms with Crippen LogP contribution >= 0.6 is 0 Å². The fourth-order valence-corrected chi connectivity index (χ4v) is 4.65. The van der Waals surface area contributed by atoms with Gasteiger partial charge in [-0.1, -0.05) is 107 Å². The van der Waals surface area contributed by atoms with Crippen LogP contribution in [0.25, 0.3) is 0 Å². The van der Waals surface area contributed by atoms with Gasteiger partial charge in [-0.25, -0.2) is 0 Å². The summed E-state index contributed by atoms with van der Waals surface area (Å²) < 4.78 is 6.88. The number of benzene rings is 3. The van der Waals surface area contributed by atoms with E-state index >= 15 is 0 Å². The third-order valence-corrected chi connectivity index (χ3v) is 6.44. The minimum Gasteiger partial charge on any atom is -0.446 e. The lowest BCUT2D eigenvalue weighted by atomic mass is 9.75. The first kappa shape index (κ1) is 22.8. The van der Waals surface area contributed by atoms with Gasteiger partial charge >= 0.3 is 6.02 Å². The summed E-state index contributed by atoms with van der Waals surface area (Å²) in [6, 6.07) is 30.2. The molecular formula is C29H32N2O2. The zero-order valence-electron chi connectivity index (χ0n) is 19.8. The SMILES string of the molecule is CC[C@@H](C)C(=O)N1C(=Nc2ccccc2)OC(c2ccccc2)(c2ccccc2)[C@@H]1C(C)C. The van der Waals surface area contributed by atoms with Gasteiger partial charge in [-0.2, -0.15) is 4.99 Å². The van der Waals surface area contributed by atoms with E-state index in [0.29, 0.717) is 6.02 Å². The van der Waals surface area contributed by atoms with Gasteiger partial charge in [0, 0.05) is 17.0 Å². The Kier molecular flexibility index (Phi) is 6.64. The van der Waals surface area contributed by atoms with Crippen molar-refractivity contribution in [1.82, 2.24) is 4.90 Å². The van der Waals surface area contributed by atoms with Gasteiger partial charge in [0.05, 0.1) is 11.7 Å². The van der Waals surface area contributed by atoms with Gasteiger partial charge in [0.1, 0.15) is 0 Å². The Labute approximate surface area is 196 Å². The van der Waals surface area contributed by atoms with E-state index in [4.69, 9.17) is 9.73 Å². The van der Waals surface area contributed by atoms with Crippen LogP contribution in [-0.2, 0) is 15.1 Å². The molecule has 4 heteroatoms. The van der Waals surface area contributed by atoms with Crippen molar-refractivity contribution in [1.29, 1.82) is 0 Å². The van der Waals surface area contributed by atoms with Crippen molar-refractivity contribution in [3.8, 4) is 0 Å². The lowest BCUT2D eigenvalue weighted by Gasteiger charge is -2.38. The van der Waals surface area contributed by atoms with Crippen LogP contribution in [0.4, 0.5) is 5.69 Å². The van der Waals surface area contributed by atoms with Crippen molar-refractivity contribution in [3.63, 3.8) is 0 Å². The Morgan fingerprint density at radius 3 is 1.82 bits per heavy atom. The monoisotopic (exact) mass is 440 g/mol. The molecular weight excluding hydrogens is 408 g/mol. The molecule has 0 spiro atoms. The molecule has 0 aromatic heterocycles. The maximum absolute atomic E-state index is 13.8. The lowest BCUT2D eigenvalue weighted by molar-refractivity contribution is -0.133. The molecule has 33 heavy (non-hydrogen) atoms. The smallest absolute Gasteiger partial charge is 0.301 e. The predicted octanol–water partition coefficient (Wildman–Crippen LogP) is 6.55. The topological polar surface area (TPSA) is 41.9 Å². The molecule has 0 bridgehead atoms. The maximum Gasteiger partial charge on any atom is 0.301 e. The Morgan fingerprint density at radius 1 is 0.879 bits per heavy atom. The van der Waals surface area contributed by atoms with E-state index in [1.807, 2.05) is 85.5 Å². The van der Waals surface area contributed by atoms with Crippen LogP contribution in [0.15, 0.2) is 96.0 Å². The summed E-state index contributed by atoms with van der Waals surface area (Å²) in [5, 5.41) is 0. The quantitative estimate of drug-likeness (QED) is 0.436. The Balaban J connectivity index is 2.00. The number of aliphatic imine (C=N–C) groups is 1. The average molecular weight is 441 g/mol. The van der Waals surface area contributed by atoms with Crippen molar-refractivity contribution in [2.75, 3.05) is 0 Å². The first-order valence-corrected chi connectivity index (χ1v) is 11.8. The van der Waals surface area contributed by atoms with Crippen LogP contribution in [0.1, 0.15) is 45.2 Å². The molecule has 0 saturated carbocycles. The fourth-order valence-electron chi connectivity index (χ4n) is 4.65. The number of carbonyl (C=O) groups excluding carboxylic acids is 1. The summed E-state index contributed by atoms with van der Waals surface area (Å²) in [7, 11) is 0. The van der Waals surface area contributed by atoms with Crippen LogP contribution in [-0.4, -0.2) is 22.9 Å². The van der Waals surface area contributed by atoms with Gasteiger partial charge in [-0.05, 0) is 24.5 Å². The van der Waals surface area contributed by atoms with Crippen molar-refractivity contribution in [2.45, 2.75) is 45.8 Å². The molecule has 0 unspecified atom stereocenters. The van der Waals surface area contributed by atoms with Crippen LogP contribution in [0.3, 0.4) is 0 Å². The highest BCUT2D eigenvalue weighted by Gasteiger charge is 2.58. The second kappa shape index (κ2) is 9.62. The fraction of sp³-hybridized carbons (Fsp3) is 0.310. The van der Waals surface area contributed by atoms with Gasteiger partial charge in [0.25, 0.3) is 0 Å². The van der Waals surface area contributed by atoms with Crippen molar-refractivity contribution in [2.24, 2.45) is 16.8 Å². The lowest BCUT2D eigenvalue weighted by Crippen LogP contribution is -2.51. The number of para-hydroxylation sites is 1. The van der Waals surface area contributed by atoms with E-state index in [-0.39, 0.29) is 23.8 Å². The molecule has 1 saturated heterocycles.